The summed E-state index contributed by atoms with van der Waals surface area (Å²) in [6, 6.07) is 13.4. The molecular formula is C26H24N2O6S. The molecule has 0 saturated heterocycles. The Morgan fingerprint density at radius 2 is 1.94 bits per heavy atom. The molecule has 9 heteroatoms. The van der Waals surface area contributed by atoms with Gasteiger partial charge >= 0.3 is 11.9 Å². The fourth-order valence-electron chi connectivity index (χ4n) is 3.91. The lowest BCUT2D eigenvalue weighted by atomic mass is 9.95. The van der Waals surface area contributed by atoms with Gasteiger partial charge in [-0.25, -0.2) is 9.79 Å². The summed E-state index contributed by atoms with van der Waals surface area (Å²) in [5.41, 5.74) is 1.71. The molecule has 4 rings (SSSR count). The molecule has 8 nitrogen and oxygen atoms in total. The van der Waals surface area contributed by atoms with Crippen LogP contribution in [-0.4, -0.2) is 30.2 Å². The van der Waals surface area contributed by atoms with Gasteiger partial charge in [-0.3, -0.25) is 14.2 Å². The second-order valence-corrected chi connectivity index (χ2v) is 8.72. The number of benzene rings is 2. The molecule has 1 aliphatic rings. The number of nitrogens with zero attached hydrogens (tertiary/aromatic N) is 2. The van der Waals surface area contributed by atoms with Crippen LogP contribution < -0.4 is 24.4 Å². The van der Waals surface area contributed by atoms with E-state index in [-0.39, 0.29) is 12.2 Å². The van der Waals surface area contributed by atoms with E-state index in [2.05, 4.69) is 4.99 Å². The van der Waals surface area contributed by atoms with Gasteiger partial charge in [-0.2, -0.15) is 0 Å². The predicted molar refractivity (Wildman–Crippen MR) is 131 cm³/mol. The lowest BCUT2D eigenvalue weighted by Gasteiger charge is -2.25. The first kappa shape index (κ1) is 24.2. The van der Waals surface area contributed by atoms with Gasteiger partial charge < -0.3 is 14.2 Å². The lowest BCUT2D eigenvalue weighted by Crippen LogP contribution is -2.39. The largest absolute Gasteiger partial charge is 0.497 e. The molecule has 1 aromatic heterocycles. The van der Waals surface area contributed by atoms with Gasteiger partial charge in [0.1, 0.15) is 11.5 Å². The van der Waals surface area contributed by atoms with Crippen LogP contribution in [0.1, 0.15) is 37.9 Å². The zero-order valence-electron chi connectivity index (χ0n) is 19.7. The standard InChI is InChI=1S/C26H24N2O6S/c1-5-33-25(31)22-15(2)27-26-28(23(22)18-10-8-11-19(13-18)32-4)24(30)21(35-26)14-17-9-6-7-12-20(17)34-16(3)29/h6-14,23H,5H2,1-4H3/b21-14-/t23-/m0/s1. The molecule has 0 aliphatic carbocycles. The number of ether oxygens (including phenoxy) is 3. The fraction of sp³-hybridized carbons (Fsp3) is 0.231. The van der Waals surface area contributed by atoms with Crippen LogP contribution in [0.4, 0.5) is 0 Å². The second kappa shape index (κ2) is 10.1. The number of rotatable bonds is 6. The van der Waals surface area contributed by atoms with E-state index in [0.717, 1.165) is 0 Å². The van der Waals surface area contributed by atoms with E-state index in [9.17, 15) is 14.4 Å². The molecule has 180 valence electrons. The molecular weight excluding hydrogens is 468 g/mol. The van der Waals surface area contributed by atoms with E-state index >= 15 is 0 Å². The monoisotopic (exact) mass is 492 g/mol. The van der Waals surface area contributed by atoms with Gasteiger partial charge in [-0.05, 0) is 43.7 Å². The van der Waals surface area contributed by atoms with Crippen molar-refractivity contribution in [3.8, 4) is 11.5 Å². The summed E-state index contributed by atoms with van der Waals surface area (Å²) in [5, 5.41) is 0. The number of hydrogen-bond donors (Lipinski definition) is 0. The van der Waals surface area contributed by atoms with Crippen molar-refractivity contribution in [1.82, 2.24) is 4.57 Å². The molecule has 0 amide bonds. The molecule has 0 spiro atoms. The van der Waals surface area contributed by atoms with Crippen LogP contribution in [-0.2, 0) is 14.3 Å². The zero-order valence-corrected chi connectivity index (χ0v) is 20.5. The third kappa shape index (κ3) is 4.81. The number of aromatic nitrogens is 1. The summed E-state index contributed by atoms with van der Waals surface area (Å²) in [6.07, 6.45) is 1.66. The number of thiazole rings is 1. The highest BCUT2D eigenvalue weighted by Gasteiger charge is 2.33. The zero-order chi connectivity index (χ0) is 25.1. The SMILES string of the molecule is CCOC(=O)C1=C(C)N=c2s/c(=C\c3ccccc3OC(C)=O)c(=O)n2[C@H]1c1cccc(OC)c1. The number of para-hydroxylation sites is 1. The number of carbonyl (C=O) groups is 2. The normalized spacial score (nSPS) is 15.3. The van der Waals surface area contributed by atoms with Crippen molar-refractivity contribution in [2.45, 2.75) is 26.8 Å². The molecule has 0 fully saturated rings. The first-order valence-electron chi connectivity index (χ1n) is 10.9. The number of carbonyl (C=O) groups excluding carboxylic acids is 2. The maximum absolute atomic E-state index is 13.7. The summed E-state index contributed by atoms with van der Waals surface area (Å²) >= 11 is 1.19. The van der Waals surface area contributed by atoms with Crippen molar-refractivity contribution in [2.24, 2.45) is 4.99 Å². The summed E-state index contributed by atoms with van der Waals surface area (Å²) in [5.74, 6) is -0.0486. The van der Waals surface area contributed by atoms with Crippen LogP contribution in [0.3, 0.4) is 0 Å². The summed E-state index contributed by atoms with van der Waals surface area (Å²) < 4.78 is 17.9. The molecule has 3 aromatic rings. The Hall–Kier alpha value is -3.98. The van der Waals surface area contributed by atoms with Crippen LogP contribution in [0.5, 0.6) is 11.5 Å². The average molecular weight is 493 g/mol. The highest BCUT2D eigenvalue weighted by atomic mass is 32.1. The van der Waals surface area contributed by atoms with Crippen molar-refractivity contribution < 1.29 is 23.8 Å². The minimum Gasteiger partial charge on any atom is -0.497 e. The Kier molecular flexibility index (Phi) is 6.97. The van der Waals surface area contributed by atoms with Crippen LogP contribution in [0.15, 0.2) is 69.6 Å². The number of methoxy groups -OCH3 is 1. The minimum absolute atomic E-state index is 0.192. The smallest absolute Gasteiger partial charge is 0.338 e. The fourth-order valence-corrected chi connectivity index (χ4v) is 4.94. The van der Waals surface area contributed by atoms with Crippen molar-refractivity contribution in [3.63, 3.8) is 0 Å². The van der Waals surface area contributed by atoms with Gasteiger partial charge in [0.25, 0.3) is 5.56 Å². The molecule has 0 unspecified atom stereocenters. The number of esters is 2. The molecule has 1 aliphatic heterocycles. The molecule has 2 heterocycles. The third-order valence-corrected chi connectivity index (χ3v) is 6.37. The van der Waals surface area contributed by atoms with Crippen LogP contribution >= 0.6 is 11.3 Å². The van der Waals surface area contributed by atoms with E-state index in [1.807, 2.05) is 6.07 Å². The van der Waals surface area contributed by atoms with Gasteiger partial charge in [0.2, 0.25) is 0 Å². The number of allylic oxidation sites excluding steroid dienone is 1. The topological polar surface area (TPSA) is 96.2 Å². The Morgan fingerprint density at radius 3 is 2.66 bits per heavy atom. The van der Waals surface area contributed by atoms with Gasteiger partial charge in [0.05, 0.1) is 35.6 Å². The van der Waals surface area contributed by atoms with E-state index in [0.29, 0.717) is 43.2 Å². The van der Waals surface area contributed by atoms with Gasteiger partial charge in [-0.1, -0.05) is 41.7 Å². The molecule has 0 saturated carbocycles. The maximum atomic E-state index is 13.7. The Balaban J connectivity index is 1.95. The first-order chi connectivity index (χ1) is 16.8. The van der Waals surface area contributed by atoms with Crippen molar-refractivity contribution in [3.05, 3.63) is 90.6 Å². The first-order valence-corrected chi connectivity index (χ1v) is 11.8. The molecule has 0 radical (unpaired) electrons. The van der Waals surface area contributed by atoms with E-state index in [4.69, 9.17) is 14.2 Å². The highest BCUT2D eigenvalue weighted by Crippen LogP contribution is 2.32. The third-order valence-electron chi connectivity index (χ3n) is 5.39. The quantitative estimate of drug-likeness (QED) is 0.388. The Labute approximate surface area is 205 Å². The molecule has 2 aromatic carbocycles. The van der Waals surface area contributed by atoms with Gasteiger partial charge in [-0.15, -0.1) is 0 Å². The predicted octanol–water partition coefficient (Wildman–Crippen LogP) is 2.73. The second-order valence-electron chi connectivity index (χ2n) is 7.71. The van der Waals surface area contributed by atoms with Crippen molar-refractivity contribution in [1.29, 1.82) is 0 Å². The Bertz CT molecular complexity index is 1520. The molecule has 1 atom stereocenters. The molecule has 35 heavy (non-hydrogen) atoms. The van der Waals surface area contributed by atoms with Gasteiger partial charge in [0, 0.05) is 12.5 Å². The van der Waals surface area contributed by atoms with E-state index in [1.165, 1.54) is 22.8 Å². The number of fused-ring (bicyclic) bond motifs is 1. The van der Waals surface area contributed by atoms with E-state index < -0.39 is 18.0 Å². The van der Waals surface area contributed by atoms with Crippen LogP contribution in [0, 0.1) is 0 Å². The molecule has 0 N–H and O–H groups in total. The number of hydrogen-bond acceptors (Lipinski definition) is 8. The van der Waals surface area contributed by atoms with Crippen LogP contribution in [0.25, 0.3) is 6.08 Å². The minimum atomic E-state index is -0.744. The van der Waals surface area contributed by atoms with Crippen molar-refractivity contribution in [2.75, 3.05) is 13.7 Å². The maximum Gasteiger partial charge on any atom is 0.338 e. The lowest BCUT2D eigenvalue weighted by molar-refractivity contribution is -0.139. The van der Waals surface area contributed by atoms with Crippen LogP contribution in [0.2, 0.25) is 0 Å². The summed E-state index contributed by atoms with van der Waals surface area (Å²) in [4.78, 5) is 43.2. The summed E-state index contributed by atoms with van der Waals surface area (Å²) in [6.45, 7) is 4.97. The van der Waals surface area contributed by atoms with E-state index in [1.54, 1.807) is 69.5 Å². The average Bonchev–Trinajstić information content (AvgIpc) is 3.13. The summed E-state index contributed by atoms with van der Waals surface area (Å²) in [7, 11) is 1.55. The molecule has 0 bridgehead atoms. The Morgan fingerprint density at radius 1 is 1.17 bits per heavy atom. The van der Waals surface area contributed by atoms with Crippen molar-refractivity contribution >= 4 is 29.4 Å². The highest BCUT2D eigenvalue weighted by molar-refractivity contribution is 7.07. The van der Waals surface area contributed by atoms with Gasteiger partial charge in [0.15, 0.2) is 4.80 Å².